The number of alkyl halides is 1. The first-order chi connectivity index (χ1) is 14.5. The van der Waals surface area contributed by atoms with Gasteiger partial charge in [-0.05, 0) is 32.6 Å². The van der Waals surface area contributed by atoms with E-state index in [0.29, 0.717) is 54.2 Å². The van der Waals surface area contributed by atoms with Crippen LogP contribution in [0.4, 0.5) is 16.0 Å². The van der Waals surface area contributed by atoms with E-state index in [-0.39, 0.29) is 12.5 Å². The van der Waals surface area contributed by atoms with Gasteiger partial charge in [-0.1, -0.05) is 0 Å². The van der Waals surface area contributed by atoms with E-state index >= 15 is 0 Å². The number of fused-ring (bicyclic) bond motifs is 1. The van der Waals surface area contributed by atoms with Gasteiger partial charge in [-0.3, -0.25) is 5.10 Å². The number of carboxylic acid groups (broad SMARTS) is 1. The van der Waals surface area contributed by atoms with Crippen molar-refractivity contribution in [2.45, 2.75) is 50.7 Å². The SMILES string of the molecule is COC1(C(=O)O)CCC(c2nc(Nc3cc(C)[nH]n3)c3cnn(CCF)c3n2)CC1. The molecule has 3 aromatic heterocycles. The molecule has 3 aromatic rings. The second kappa shape index (κ2) is 7.98. The maximum atomic E-state index is 13.0. The zero-order valence-corrected chi connectivity index (χ0v) is 16.9. The van der Waals surface area contributed by atoms with Crippen LogP contribution in [0.25, 0.3) is 11.0 Å². The molecule has 0 spiro atoms. The van der Waals surface area contributed by atoms with Gasteiger partial charge in [-0.2, -0.15) is 10.2 Å². The number of hydrogen-bond donors (Lipinski definition) is 3. The van der Waals surface area contributed by atoms with Gasteiger partial charge < -0.3 is 15.2 Å². The second-order valence-electron chi connectivity index (χ2n) is 7.56. The van der Waals surface area contributed by atoms with Crippen LogP contribution < -0.4 is 5.32 Å². The lowest BCUT2D eigenvalue weighted by Gasteiger charge is -2.35. The minimum atomic E-state index is -1.16. The van der Waals surface area contributed by atoms with Crippen molar-refractivity contribution in [3.05, 3.63) is 23.8 Å². The third kappa shape index (κ3) is 3.60. The van der Waals surface area contributed by atoms with Crippen molar-refractivity contribution in [3.63, 3.8) is 0 Å². The number of hydrogen-bond acceptors (Lipinski definition) is 7. The van der Waals surface area contributed by atoms with Gasteiger partial charge in [-0.15, -0.1) is 0 Å². The summed E-state index contributed by atoms with van der Waals surface area (Å²) in [4.78, 5) is 21.0. The molecule has 3 heterocycles. The molecular weight excluding hydrogens is 393 g/mol. The third-order valence-corrected chi connectivity index (χ3v) is 5.70. The number of H-pyrrole nitrogens is 1. The Kier molecular flexibility index (Phi) is 5.37. The number of aliphatic carboxylic acids is 1. The monoisotopic (exact) mass is 417 g/mol. The Morgan fingerprint density at radius 3 is 2.80 bits per heavy atom. The van der Waals surface area contributed by atoms with Gasteiger partial charge in [0.25, 0.3) is 0 Å². The van der Waals surface area contributed by atoms with Gasteiger partial charge in [0.05, 0.1) is 18.1 Å². The molecule has 0 radical (unpaired) electrons. The molecule has 0 unspecified atom stereocenters. The van der Waals surface area contributed by atoms with Crippen molar-refractivity contribution in [2.75, 3.05) is 19.1 Å². The molecule has 1 saturated carbocycles. The summed E-state index contributed by atoms with van der Waals surface area (Å²) in [6, 6.07) is 1.85. The molecule has 3 N–H and O–H groups in total. The molecular formula is C19H24FN7O3. The molecule has 0 aliphatic heterocycles. The first-order valence-electron chi connectivity index (χ1n) is 9.83. The van der Waals surface area contributed by atoms with Crippen LogP contribution in [0.2, 0.25) is 0 Å². The number of aromatic nitrogens is 6. The number of nitrogens with zero attached hydrogens (tertiary/aromatic N) is 5. The summed E-state index contributed by atoms with van der Waals surface area (Å²) in [5.41, 5.74) is 0.270. The Balaban J connectivity index is 1.69. The van der Waals surface area contributed by atoms with Crippen molar-refractivity contribution >= 4 is 28.6 Å². The van der Waals surface area contributed by atoms with Crippen LogP contribution in [0.1, 0.15) is 43.1 Å². The Morgan fingerprint density at radius 2 is 2.20 bits per heavy atom. The van der Waals surface area contributed by atoms with E-state index < -0.39 is 18.2 Å². The van der Waals surface area contributed by atoms with Gasteiger partial charge in [0.15, 0.2) is 17.1 Å². The summed E-state index contributed by atoms with van der Waals surface area (Å²) in [6.45, 7) is 1.43. The average Bonchev–Trinajstić information content (AvgIpc) is 3.34. The lowest BCUT2D eigenvalue weighted by Crippen LogP contribution is -2.43. The normalized spacial score (nSPS) is 21.8. The maximum Gasteiger partial charge on any atom is 0.335 e. The third-order valence-electron chi connectivity index (χ3n) is 5.70. The Bertz CT molecular complexity index is 1060. The molecule has 160 valence electrons. The fourth-order valence-corrected chi connectivity index (χ4v) is 3.94. The molecule has 0 atom stereocenters. The predicted octanol–water partition coefficient (Wildman–Crippen LogP) is 2.70. The van der Waals surface area contributed by atoms with Gasteiger partial charge in [-0.25, -0.2) is 23.8 Å². The average molecular weight is 417 g/mol. The lowest BCUT2D eigenvalue weighted by molar-refractivity contribution is -0.166. The summed E-state index contributed by atoms with van der Waals surface area (Å²) >= 11 is 0. The van der Waals surface area contributed by atoms with E-state index in [1.54, 1.807) is 6.20 Å². The number of carbonyl (C=O) groups is 1. The smallest absolute Gasteiger partial charge is 0.335 e. The van der Waals surface area contributed by atoms with Crippen molar-refractivity contribution in [1.29, 1.82) is 0 Å². The highest BCUT2D eigenvalue weighted by molar-refractivity contribution is 5.88. The topological polar surface area (TPSA) is 131 Å². The van der Waals surface area contributed by atoms with Crippen LogP contribution in [0.15, 0.2) is 12.3 Å². The summed E-state index contributed by atoms with van der Waals surface area (Å²) in [7, 11) is 1.43. The van der Waals surface area contributed by atoms with Gasteiger partial charge in [0.1, 0.15) is 18.3 Å². The van der Waals surface area contributed by atoms with E-state index in [2.05, 4.69) is 25.6 Å². The molecule has 0 saturated heterocycles. The fraction of sp³-hybridized carbons (Fsp3) is 0.526. The number of aryl methyl sites for hydroxylation is 2. The maximum absolute atomic E-state index is 13.0. The number of carboxylic acids is 1. The predicted molar refractivity (Wildman–Crippen MR) is 106 cm³/mol. The standard InChI is InChI=1S/C19H24FN7O3/c1-11-9-14(26-25-11)22-16-13-10-21-27(8-7-20)17(13)24-15(23-16)12-3-5-19(30-2,6-4-12)18(28)29/h9-10,12H,3-8H2,1-2H3,(H,28,29)(H2,22,23,24,25,26). The number of rotatable bonds is 7. The van der Waals surface area contributed by atoms with Crippen molar-refractivity contribution in [1.82, 2.24) is 29.9 Å². The zero-order valence-electron chi connectivity index (χ0n) is 16.9. The quantitative estimate of drug-likeness (QED) is 0.535. The fourth-order valence-electron chi connectivity index (χ4n) is 3.94. The van der Waals surface area contributed by atoms with Crippen LogP contribution in [0.3, 0.4) is 0 Å². The van der Waals surface area contributed by atoms with E-state index in [9.17, 15) is 14.3 Å². The first-order valence-corrected chi connectivity index (χ1v) is 9.83. The van der Waals surface area contributed by atoms with Crippen LogP contribution >= 0.6 is 0 Å². The molecule has 1 aliphatic rings. The van der Waals surface area contributed by atoms with Crippen LogP contribution in [0, 0.1) is 6.92 Å². The highest BCUT2D eigenvalue weighted by Gasteiger charge is 2.43. The Morgan fingerprint density at radius 1 is 1.43 bits per heavy atom. The number of anilines is 2. The van der Waals surface area contributed by atoms with Crippen molar-refractivity contribution in [3.8, 4) is 0 Å². The largest absolute Gasteiger partial charge is 0.479 e. The summed E-state index contributed by atoms with van der Waals surface area (Å²) < 4.78 is 19.8. The van der Waals surface area contributed by atoms with Gasteiger partial charge in [0.2, 0.25) is 0 Å². The molecule has 1 fully saturated rings. The lowest BCUT2D eigenvalue weighted by atomic mass is 9.78. The summed E-state index contributed by atoms with van der Waals surface area (Å²) in [5.74, 6) is 0.732. The molecule has 1 aliphatic carbocycles. The number of methoxy groups -OCH3 is 1. The van der Waals surface area contributed by atoms with Crippen LogP contribution in [-0.2, 0) is 16.1 Å². The van der Waals surface area contributed by atoms with Gasteiger partial charge in [0, 0.05) is 24.8 Å². The van der Waals surface area contributed by atoms with Crippen molar-refractivity contribution in [2.24, 2.45) is 0 Å². The van der Waals surface area contributed by atoms with Crippen LogP contribution in [0.5, 0.6) is 0 Å². The van der Waals surface area contributed by atoms with E-state index in [4.69, 9.17) is 9.72 Å². The van der Waals surface area contributed by atoms with Crippen LogP contribution in [-0.4, -0.2) is 60.4 Å². The molecule has 0 aromatic carbocycles. The molecule has 4 rings (SSSR count). The minimum Gasteiger partial charge on any atom is -0.479 e. The molecule has 11 heteroatoms. The second-order valence-corrected chi connectivity index (χ2v) is 7.56. The number of aromatic amines is 1. The first kappa shape index (κ1) is 20.2. The highest BCUT2D eigenvalue weighted by atomic mass is 19.1. The molecule has 0 bridgehead atoms. The molecule has 0 amide bonds. The summed E-state index contributed by atoms with van der Waals surface area (Å²) in [6.07, 6.45) is 3.50. The molecule has 10 nitrogen and oxygen atoms in total. The number of ether oxygens (including phenoxy) is 1. The highest BCUT2D eigenvalue weighted by Crippen LogP contribution is 2.40. The molecule has 30 heavy (non-hydrogen) atoms. The number of nitrogens with one attached hydrogen (secondary N) is 2. The van der Waals surface area contributed by atoms with E-state index in [0.717, 1.165) is 5.69 Å². The van der Waals surface area contributed by atoms with Gasteiger partial charge >= 0.3 is 5.97 Å². The van der Waals surface area contributed by atoms with E-state index in [1.807, 2.05) is 13.0 Å². The van der Waals surface area contributed by atoms with Crippen molar-refractivity contribution < 1.29 is 19.0 Å². The zero-order chi connectivity index (χ0) is 21.3. The minimum absolute atomic E-state index is 0.0350. The van der Waals surface area contributed by atoms with E-state index in [1.165, 1.54) is 11.8 Å². The summed E-state index contributed by atoms with van der Waals surface area (Å²) in [5, 5.41) is 24.7. The Hall–Kier alpha value is -3.08. The number of halogens is 1. The Labute approximate surface area is 171 Å².